The summed E-state index contributed by atoms with van der Waals surface area (Å²) in [7, 11) is 0. The van der Waals surface area contributed by atoms with Gasteiger partial charge < -0.3 is 5.32 Å². The van der Waals surface area contributed by atoms with Gasteiger partial charge in [0.05, 0.1) is 0 Å². The number of aryl methyl sites for hydroxylation is 2. The minimum absolute atomic E-state index is 0.206. The van der Waals surface area contributed by atoms with E-state index in [1.807, 2.05) is 0 Å². The molecule has 1 spiro atoms. The molecule has 0 aliphatic carbocycles. The summed E-state index contributed by atoms with van der Waals surface area (Å²) in [6.07, 6.45) is 4.05. The van der Waals surface area contributed by atoms with E-state index < -0.39 is 5.54 Å². The molecule has 1 unspecified atom stereocenters. The molecule has 136 valence electrons. The number of hydrogen-bond acceptors (Lipinski definition) is 2. The molecule has 2 aliphatic rings. The molecule has 1 N–H and O–H groups in total. The minimum atomic E-state index is -0.413. The Bertz CT molecular complexity index is 829. The molecule has 1 saturated heterocycles. The van der Waals surface area contributed by atoms with Crippen LogP contribution in [0.5, 0.6) is 0 Å². The Hall–Kier alpha value is -2.13. The number of nitrogens with one attached hydrogen (secondary N) is 1. The second-order valence-electron chi connectivity index (χ2n) is 7.96. The van der Waals surface area contributed by atoms with Crippen molar-refractivity contribution in [3.8, 4) is 0 Å². The van der Waals surface area contributed by atoms with Crippen LogP contribution >= 0.6 is 0 Å². The molecule has 0 aromatic heterocycles. The average molecular weight is 348 g/mol. The quantitative estimate of drug-likeness (QED) is 0.893. The van der Waals surface area contributed by atoms with Crippen LogP contribution in [-0.2, 0) is 24.3 Å². The first kappa shape index (κ1) is 17.3. The fourth-order valence-electron chi connectivity index (χ4n) is 4.54. The van der Waals surface area contributed by atoms with Crippen molar-refractivity contribution in [1.82, 2.24) is 10.2 Å². The van der Waals surface area contributed by atoms with Gasteiger partial charge in [0.15, 0.2) is 0 Å². The van der Waals surface area contributed by atoms with Gasteiger partial charge in [0.25, 0.3) is 0 Å². The highest BCUT2D eigenvalue weighted by Crippen LogP contribution is 2.36. The van der Waals surface area contributed by atoms with Gasteiger partial charge in [-0.3, -0.25) is 9.69 Å². The highest BCUT2D eigenvalue weighted by atomic mass is 16.2. The Morgan fingerprint density at radius 1 is 1.04 bits per heavy atom. The molecule has 3 nitrogen and oxygen atoms in total. The smallest absolute Gasteiger partial charge is 0.241 e. The van der Waals surface area contributed by atoms with Crippen molar-refractivity contribution in [2.75, 3.05) is 6.54 Å². The van der Waals surface area contributed by atoms with Crippen LogP contribution < -0.4 is 5.32 Å². The molecule has 2 heterocycles. The van der Waals surface area contributed by atoms with E-state index in [-0.39, 0.29) is 5.91 Å². The van der Waals surface area contributed by atoms with Gasteiger partial charge in [0.1, 0.15) is 5.54 Å². The first-order chi connectivity index (χ1) is 12.6. The molecule has 3 heteroatoms. The van der Waals surface area contributed by atoms with Crippen LogP contribution in [0.2, 0.25) is 0 Å². The molecule has 0 radical (unpaired) electrons. The van der Waals surface area contributed by atoms with Crippen LogP contribution in [-0.4, -0.2) is 22.9 Å². The summed E-state index contributed by atoms with van der Waals surface area (Å²) < 4.78 is 0. The van der Waals surface area contributed by atoms with E-state index in [0.29, 0.717) is 6.54 Å². The van der Waals surface area contributed by atoms with Gasteiger partial charge in [-0.15, -0.1) is 0 Å². The lowest BCUT2D eigenvalue weighted by atomic mass is 9.80. The van der Waals surface area contributed by atoms with Crippen LogP contribution in [0.15, 0.2) is 42.5 Å². The molecule has 1 atom stereocenters. The van der Waals surface area contributed by atoms with Crippen molar-refractivity contribution >= 4 is 5.91 Å². The summed E-state index contributed by atoms with van der Waals surface area (Å²) in [5.41, 5.74) is 6.11. The summed E-state index contributed by atoms with van der Waals surface area (Å²) >= 11 is 0. The third kappa shape index (κ3) is 3.05. The third-order valence-electron chi connectivity index (χ3n) is 6.28. The van der Waals surface area contributed by atoms with Crippen LogP contribution in [0.3, 0.4) is 0 Å². The number of carbonyl (C=O) groups excluding carboxylic acids is 1. The van der Waals surface area contributed by atoms with E-state index in [1.165, 1.54) is 34.2 Å². The zero-order valence-electron chi connectivity index (χ0n) is 15.8. The van der Waals surface area contributed by atoms with Gasteiger partial charge in [-0.05, 0) is 67.5 Å². The Kier molecular flexibility index (Phi) is 4.58. The molecule has 4 rings (SSSR count). The van der Waals surface area contributed by atoms with Crippen LogP contribution in [0.25, 0.3) is 0 Å². The van der Waals surface area contributed by atoms with Gasteiger partial charge in [-0.2, -0.15) is 0 Å². The number of nitrogens with zero attached hydrogens (tertiary/aromatic N) is 1. The second kappa shape index (κ2) is 6.88. The molecular weight excluding hydrogens is 320 g/mol. The largest absolute Gasteiger partial charge is 0.350 e. The van der Waals surface area contributed by atoms with E-state index in [4.69, 9.17) is 0 Å². The number of amides is 1. The van der Waals surface area contributed by atoms with Gasteiger partial charge in [-0.1, -0.05) is 42.5 Å². The van der Waals surface area contributed by atoms with Crippen molar-refractivity contribution < 1.29 is 4.79 Å². The van der Waals surface area contributed by atoms with Crippen LogP contribution in [0.4, 0.5) is 0 Å². The molecule has 2 aromatic rings. The number of rotatable bonds is 2. The third-order valence-corrected chi connectivity index (χ3v) is 6.28. The lowest BCUT2D eigenvalue weighted by Gasteiger charge is -2.45. The predicted octanol–water partition coefficient (Wildman–Crippen LogP) is 3.90. The monoisotopic (exact) mass is 348 g/mol. The summed E-state index contributed by atoms with van der Waals surface area (Å²) in [5.74, 6) is 0.206. The topological polar surface area (TPSA) is 32.3 Å². The number of piperidine rings is 1. The van der Waals surface area contributed by atoms with E-state index in [9.17, 15) is 4.79 Å². The molecule has 26 heavy (non-hydrogen) atoms. The maximum Gasteiger partial charge on any atom is 0.241 e. The highest BCUT2D eigenvalue weighted by Gasteiger charge is 2.46. The highest BCUT2D eigenvalue weighted by molar-refractivity contribution is 5.87. The maximum atomic E-state index is 13.2. The Morgan fingerprint density at radius 3 is 2.65 bits per heavy atom. The van der Waals surface area contributed by atoms with Crippen molar-refractivity contribution in [2.24, 2.45) is 0 Å². The Morgan fingerprint density at radius 2 is 1.85 bits per heavy atom. The van der Waals surface area contributed by atoms with Gasteiger partial charge in [-0.25, -0.2) is 0 Å². The van der Waals surface area contributed by atoms with Crippen LogP contribution in [0, 0.1) is 13.8 Å². The number of likely N-dealkylation sites (tertiary alicyclic amines) is 1. The fourth-order valence-corrected chi connectivity index (χ4v) is 4.54. The lowest BCUT2D eigenvalue weighted by Crippen LogP contribution is -2.60. The average Bonchev–Trinajstić information content (AvgIpc) is 2.78. The van der Waals surface area contributed by atoms with Crippen molar-refractivity contribution in [3.63, 3.8) is 0 Å². The summed E-state index contributed by atoms with van der Waals surface area (Å²) in [6.45, 7) is 6.80. The van der Waals surface area contributed by atoms with Crippen LogP contribution in [0.1, 0.15) is 47.1 Å². The molecule has 0 saturated carbocycles. The molecule has 1 fully saturated rings. The standard InChI is InChI=1S/C23H28N2O/c1-17-9-10-19(13-18(17)2)16-25-12-6-5-11-23(25)14-20-7-3-4-8-21(20)15-24-22(23)26/h3-4,7-10,13H,5-6,11-12,14-16H2,1-2H3,(H,24,26). The normalized spacial score (nSPS) is 23.4. The van der Waals surface area contributed by atoms with Gasteiger partial charge in [0, 0.05) is 19.5 Å². The molecule has 2 aromatic carbocycles. The molecule has 1 amide bonds. The van der Waals surface area contributed by atoms with Crippen molar-refractivity contribution in [1.29, 1.82) is 0 Å². The number of fused-ring (bicyclic) bond motifs is 1. The zero-order chi connectivity index (χ0) is 18.1. The number of carbonyl (C=O) groups is 1. The summed E-state index contributed by atoms with van der Waals surface area (Å²) in [6, 6.07) is 15.2. The predicted molar refractivity (Wildman–Crippen MR) is 105 cm³/mol. The van der Waals surface area contributed by atoms with Crippen molar-refractivity contribution in [3.05, 3.63) is 70.3 Å². The Balaban J connectivity index is 1.69. The first-order valence-electron chi connectivity index (χ1n) is 9.75. The van der Waals surface area contributed by atoms with Gasteiger partial charge in [0.2, 0.25) is 5.91 Å². The fraction of sp³-hybridized carbons (Fsp3) is 0.435. The molecule has 0 bridgehead atoms. The number of benzene rings is 2. The van der Waals surface area contributed by atoms with E-state index in [0.717, 1.165) is 32.4 Å². The Labute approximate surface area is 156 Å². The number of hydrogen-bond donors (Lipinski definition) is 1. The lowest BCUT2D eigenvalue weighted by molar-refractivity contribution is -0.136. The zero-order valence-corrected chi connectivity index (χ0v) is 15.8. The summed E-state index contributed by atoms with van der Waals surface area (Å²) in [5, 5.41) is 3.22. The molecular formula is C23H28N2O. The SMILES string of the molecule is Cc1ccc(CN2CCCCC23Cc2ccccc2CNC3=O)cc1C. The maximum absolute atomic E-state index is 13.2. The van der Waals surface area contributed by atoms with E-state index in [2.05, 4.69) is 66.5 Å². The molecule has 2 aliphatic heterocycles. The van der Waals surface area contributed by atoms with Gasteiger partial charge >= 0.3 is 0 Å². The van der Waals surface area contributed by atoms with E-state index in [1.54, 1.807) is 0 Å². The summed E-state index contributed by atoms with van der Waals surface area (Å²) in [4.78, 5) is 15.7. The van der Waals surface area contributed by atoms with E-state index >= 15 is 0 Å². The second-order valence-corrected chi connectivity index (χ2v) is 7.96. The van der Waals surface area contributed by atoms with Crippen molar-refractivity contribution in [2.45, 2.75) is 58.2 Å². The minimum Gasteiger partial charge on any atom is -0.350 e. The first-order valence-corrected chi connectivity index (χ1v) is 9.75.